The van der Waals surface area contributed by atoms with E-state index in [9.17, 15) is 10.2 Å². The Morgan fingerprint density at radius 3 is 2.00 bits per heavy atom. The van der Waals surface area contributed by atoms with Gasteiger partial charge in [-0.15, -0.1) is 0 Å². The van der Waals surface area contributed by atoms with Crippen LogP contribution in [0.15, 0.2) is 0 Å². The van der Waals surface area contributed by atoms with Crippen molar-refractivity contribution in [3.8, 4) is 0 Å². The van der Waals surface area contributed by atoms with Gasteiger partial charge in [0.2, 0.25) is 0 Å². The number of rotatable bonds is 15. The molecule has 0 aromatic rings. The molecule has 1 fully saturated rings. The topological polar surface area (TPSA) is 80.2 Å². The van der Waals surface area contributed by atoms with Crippen LogP contribution < -0.4 is 5.32 Å². The molecule has 1 saturated heterocycles. The lowest BCUT2D eigenvalue weighted by Gasteiger charge is -2.27. The highest BCUT2D eigenvalue weighted by Crippen LogP contribution is 2.24. The Morgan fingerprint density at radius 2 is 1.44 bits per heavy atom. The number of hydrogen-bond acceptors (Lipinski definition) is 6. The minimum Gasteiger partial charge on any atom is -0.394 e. The summed E-state index contributed by atoms with van der Waals surface area (Å²) in [6, 6.07) is -0.375. The van der Waals surface area contributed by atoms with Gasteiger partial charge in [-0.2, -0.15) is 0 Å². The van der Waals surface area contributed by atoms with Gasteiger partial charge in [0.05, 0.1) is 31.4 Å². The average molecular weight is 362 g/mol. The maximum Gasteiger partial charge on any atom is 0.103 e. The summed E-state index contributed by atoms with van der Waals surface area (Å²) in [5, 5.41) is 23.0. The van der Waals surface area contributed by atoms with Crippen LogP contribution in [0.1, 0.15) is 59.3 Å². The largest absolute Gasteiger partial charge is 0.394 e. The van der Waals surface area contributed by atoms with Gasteiger partial charge in [0.25, 0.3) is 0 Å². The molecule has 0 aromatic heterocycles. The van der Waals surface area contributed by atoms with Crippen LogP contribution in [0.5, 0.6) is 0 Å². The molecule has 0 radical (unpaired) electrons. The van der Waals surface area contributed by atoms with E-state index in [0.29, 0.717) is 19.8 Å². The molecule has 1 heterocycles. The predicted molar refractivity (Wildman–Crippen MR) is 98.8 cm³/mol. The highest BCUT2D eigenvalue weighted by molar-refractivity contribution is 5.03. The number of nitrogens with one attached hydrogen (secondary N) is 1. The summed E-state index contributed by atoms with van der Waals surface area (Å²) in [5.41, 5.74) is 0. The fourth-order valence-corrected chi connectivity index (χ4v) is 3.05. The molecular weight excluding hydrogens is 322 g/mol. The zero-order valence-corrected chi connectivity index (χ0v) is 16.3. The van der Waals surface area contributed by atoms with Gasteiger partial charge in [0.15, 0.2) is 0 Å². The molecule has 0 bridgehead atoms. The van der Waals surface area contributed by atoms with Crippen LogP contribution in [0.4, 0.5) is 0 Å². The van der Waals surface area contributed by atoms with E-state index in [0.717, 1.165) is 45.1 Å². The van der Waals surface area contributed by atoms with Crippen LogP contribution in [-0.2, 0) is 14.2 Å². The van der Waals surface area contributed by atoms with Gasteiger partial charge < -0.3 is 29.7 Å². The van der Waals surface area contributed by atoms with E-state index < -0.39 is 6.10 Å². The number of unbranched alkanes of at least 4 members (excludes halogenated alkanes) is 3. The second-order valence-corrected chi connectivity index (χ2v) is 6.86. The molecule has 25 heavy (non-hydrogen) atoms. The third-order valence-corrected chi connectivity index (χ3v) is 4.64. The summed E-state index contributed by atoms with van der Waals surface area (Å²) in [7, 11) is 0. The lowest BCUT2D eigenvalue weighted by Crippen LogP contribution is -2.47. The van der Waals surface area contributed by atoms with E-state index in [1.807, 2.05) is 0 Å². The Bertz CT molecular complexity index is 318. The fraction of sp³-hybridized carbons (Fsp3) is 1.00. The smallest absolute Gasteiger partial charge is 0.103 e. The molecular formula is C19H39NO5. The third-order valence-electron chi connectivity index (χ3n) is 4.64. The molecule has 6 heteroatoms. The lowest BCUT2D eigenvalue weighted by atomic mass is 10.0. The normalized spacial score (nSPS) is 27.7. The first-order chi connectivity index (χ1) is 12.2. The summed E-state index contributed by atoms with van der Waals surface area (Å²) < 4.78 is 18.0. The predicted octanol–water partition coefficient (Wildman–Crippen LogP) is 1.87. The molecule has 6 nitrogen and oxygen atoms in total. The highest BCUT2D eigenvalue weighted by Gasteiger charge is 2.47. The third kappa shape index (κ3) is 7.89. The first kappa shape index (κ1) is 22.8. The first-order valence-corrected chi connectivity index (χ1v) is 10.0. The van der Waals surface area contributed by atoms with Crippen LogP contribution in [0, 0.1) is 0 Å². The van der Waals surface area contributed by atoms with Crippen molar-refractivity contribution >= 4 is 0 Å². The van der Waals surface area contributed by atoms with Gasteiger partial charge in [-0.3, -0.25) is 0 Å². The Morgan fingerprint density at radius 1 is 0.880 bits per heavy atom. The summed E-state index contributed by atoms with van der Waals surface area (Å²) >= 11 is 0. The highest BCUT2D eigenvalue weighted by atomic mass is 16.5. The van der Waals surface area contributed by atoms with Crippen molar-refractivity contribution in [1.29, 1.82) is 0 Å². The Labute approximate surface area is 153 Å². The first-order valence-electron chi connectivity index (χ1n) is 10.0. The zero-order chi connectivity index (χ0) is 18.5. The van der Waals surface area contributed by atoms with Crippen LogP contribution in [0.25, 0.3) is 0 Å². The van der Waals surface area contributed by atoms with Crippen molar-refractivity contribution in [1.82, 2.24) is 5.32 Å². The van der Waals surface area contributed by atoms with Crippen molar-refractivity contribution < 1.29 is 24.4 Å². The number of aliphatic hydroxyl groups is 2. The molecule has 0 spiro atoms. The summed E-state index contributed by atoms with van der Waals surface area (Å²) in [6.07, 6.45) is 4.91. The van der Waals surface area contributed by atoms with Gasteiger partial charge in [-0.25, -0.2) is 0 Å². The van der Waals surface area contributed by atoms with Crippen molar-refractivity contribution in [3.05, 3.63) is 0 Å². The molecule has 0 aromatic carbocycles. The number of ether oxygens (including phenoxy) is 3. The molecule has 1 aliphatic heterocycles. The molecule has 0 saturated carbocycles. The maximum atomic E-state index is 10.2. The molecule has 3 N–H and O–H groups in total. The van der Waals surface area contributed by atoms with Gasteiger partial charge in [-0.1, -0.05) is 40.0 Å². The molecule has 5 atom stereocenters. The van der Waals surface area contributed by atoms with Crippen LogP contribution >= 0.6 is 0 Å². The lowest BCUT2D eigenvalue weighted by molar-refractivity contribution is -0.0876. The summed E-state index contributed by atoms with van der Waals surface area (Å²) in [6.45, 7) is 8.66. The van der Waals surface area contributed by atoms with E-state index in [2.05, 4.69) is 26.1 Å². The zero-order valence-electron chi connectivity index (χ0n) is 16.3. The van der Waals surface area contributed by atoms with Crippen molar-refractivity contribution in [2.24, 2.45) is 0 Å². The monoisotopic (exact) mass is 361 g/mol. The minimum atomic E-state index is -0.871. The van der Waals surface area contributed by atoms with Crippen LogP contribution in [0.3, 0.4) is 0 Å². The molecule has 1 aliphatic rings. The second kappa shape index (κ2) is 13.9. The average Bonchev–Trinajstić information content (AvgIpc) is 2.96. The second-order valence-electron chi connectivity index (χ2n) is 6.86. The van der Waals surface area contributed by atoms with E-state index in [-0.39, 0.29) is 30.9 Å². The molecule has 0 amide bonds. The molecule has 150 valence electrons. The van der Waals surface area contributed by atoms with Gasteiger partial charge in [-0.05, 0) is 19.3 Å². The quantitative estimate of drug-likeness (QED) is 0.386. The molecule has 1 unspecified atom stereocenters. The number of aliphatic hydroxyl groups excluding tert-OH is 2. The minimum absolute atomic E-state index is 0.0356. The Hall–Kier alpha value is -0.240. The number of hydrogen-bond donors (Lipinski definition) is 3. The van der Waals surface area contributed by atoms with E-state index >= 15 is 0 Å². The van der Waals surface area contributed by atoms with E-state index in [4.69, 9.17) is 14.2 Å². The van der Waals surface area contributed by atoms with Gasteiger partial charge in [0.1, 0.15) is 12.2 Å². The van der Waals surface area contributed by atoms with E-state index in [1.54, 1.807) is 0 Å². The van der Waals surface area contributed by atoms with Crippen molar-refractivity contribution in [2.75, 3.05) is 33.0 Å². The molecule has 1 rings (SSSR count). The van der Waals surface area contributed by atoms with E-state index in [1.165, 1.54) is 0 Å². The SMILES string of the molecule is CCCCOCC1N[C@H]([C@H](O)CO)[C@@H](OCCCC)[C@@H]1OCCCC. The Balaban J connectivity index is 2.73. The van der Waals surface area contributed by atoms with Crippen molar-refractivity contribution in [2.45, 2.75) is 89.7 Å². The maximum absolute atomic E-state index is 10.2. The summed E-state index contributed by atoms with van der Waals surface area (Å²) in [5.74, 6) is 0. The van der Waals surface area contributed by atoms with Gasteiger partial charge in [0, 0.05) is 19.8 Å². The molecule has 0 aliphatic carbocycles. The standard InChI is InChI=1S/C19H39NO5/c1-4-7-10-23-14-15-18(24-11-8-5-2)19(25-12-9-6-3)17(20-15)16(22)13-21/h15-22H,4-14H2,1-3H3/t15?,16-,17-,18-,19-/m1/s1. The van der Waals surface area contributed by atoms with Crippen LogP contribution in [0.2, 0.25) is 0 Å². The van der Waals surface area contributed by atoms with Gasteiger partial charge >= 0.3 is 0 Å². The van der Waals surface area contributed by atoms with Crippen molar-refractivity contribution in [3.63, 3.8) is 0 Å². The van der Waals surface area contributed by atoms with Crippen LogP contribution in [-0.4, -0.2) is 73.6 Å². The summed E-state index contributed by atoms with van der Waals surface area (Å²) in [4.78, 5) is 0. The fourth-order valence-electron chi connectivity index (χ4n) is 3.05. The Kier molecular flexibility index (Phi) is 12.7.